The zero-order valence-electron chi connectivity index (χ0n) is 7.35. The largest absolute Gasteiger partial charge is 0.330 e. The van der Waals surface area contributed by atoms with Crippen molar-refractivity contribution in [2.45, 2.75) is 25.3 Å². The Hall–Kier alpha value is 0.120. The average molecular weight is 233 g/mol. The lowest BCUT2D eigenvalue weighted by molar-refractivity contribution is 0.472. The smallest absolute Gasteiger partial charge is 0.266 e. The zero-order chi connectivity index (χ0) is 9.61. The minimum atomic E-state index is -3.92. The quantitative estimate of drug-likeness (QED) is 0.433. The first-order valence-electron chi connectivity index (χ1n) is 3.86. The normalized spacial score (nSPS) is 13.5. The highest BCUT2D eigenvalue weighted by molar-refractivity contribution is 7.85. The molecule has 7 heteroatoms. The van der Waals surface area contributed by atoms with E-state index >= 15 is 0 Å². The van der Waals surface area contributed by atoms with Gasteiger partial charge in [0.25, 0.3) is 10.1 Å². The van der Waals surface area contributed by atoms with E-state index in [-0.39, 0.29) is 18.2 Å². The van der Waals surface area contributed by atoms with Gasteiger partial charge in [-0.25, -0.2) is 0 Å². The van der Waals surface area contributed by atoms with Crippen molar-refractivity contribution in [1.82, 2.24) is 0 Å². The molecule has 0 rings (SSSR count). The molecule has 5 nitrogen and oxygen atoms in total. The first-order chi connectivity index (χ1) is 5.45. The summed E-state index contributed by atoms with van der Waals surface area (Å²) in [6.45, 7) is 0.582. The monoisotopic (exact) mass is 232 g/mol. The van der Waals surface area contributed by atoms with Crippen molar-refractivity contribution in [3.8, 4) is 0 Å². The summed E-state index contributed by atoms with van der Waals surface area (Å²) < 4.78 is 29.1. The van der Waals surface area contributed by atoms with Crippen LogP contribution in [0, 0.1) is 0 Å². The summed E-state index contributed by atoms with van der Waals surface area (Å²) in [4.78, 5) is 0. The highest BCUT2D eigenvalue weighted by atomic mass is 35.5. The van der Waals surface area contributed by atoms with Crippen LogP contribution in [0.3, 0.4) is 0 Å². The standard InChI is InChI=1S/C6H16N2O3S.ClH/c7-4-2-1-3-6(8)5-12(9,10)11;/h6H,1-5,7-8H2,(H,9,10,11);1H/t6-;/m0./s1. The zero-order valence-corrected chi connectivity index (χ0v) is 8.98. The van der Waals surface area contributed by atoms with Crippen molar-refractivity contribution in [3.05, 3.63) is 0 Å². The van der Waals surface area contributed by atoms with Gasteiger partial charge < -0.3 is 11.5 Å². The third-order valence-electron chi connectivity index (χ3n) is 1.45. The van der Waals surface area contributed by atoms with Crippen molar-refractivity contribution < 1.29 is 13.0 Å². The Kier molecular flexibility index (Phi) is 9.01. The van der Waals surface area contributed by atoms with Gasteiger partial charge in [-0.2, -0.15) is 8.42 Å². The minimum Gasteiger partial charge on any atom is -0.330 e. The van der Waals surface area contributed by atoms with Crippen LogP contribution in [0.1, 0.15) is 19.3 Å². The van der Waals surface area contributed by atoms with Crippen LogP contribution in [0.4, 0.5) is 0 Å². The van der Waals surface area contributed by atoms with Gasteiger partial charge >= 0.3 is 0 Å². The van der Waals surface area contributed by atoms with Gasteiger partial charge in [-0.05, 0) is 19.4 Å². The summed E-state index contributed by atoms with van der Waals surface area (Å²) in [6, 6.07) is -0.480. The summed E-state index contributed by atoms with van der Waals surface area (Å²) in [5.41, 5.74) is 10.7. The maximum absolute atomic E-state index is 10.3. The Morgan fingerprint density at radius 2 is 1.85 bits per heavy atom. The molecular formula is C6H17ClN2O3S. The molecule has 0 saturated heterocycles. The van der Waals surface area contributed by atoms with Crippen molar-refractivity contribution >= 4 is 22.5 Å². The maximum atomic E-state index is 10.3. The molecule has 0 aromatic rings. The molecule has 0 aliphatic rings. The van der Waals surface area contributed by atoms with E-state index in [1.54, 1.807) is 0 Å². The lowest BCUT2D eigenvalue weighted by atomic mass is 10.1. The number of unbranched alkanes of at least 4 members (excludes halogenated alkanes) is 1. The highest BCUT2D eigenvalue weighted by Gasteiger charge is 2.11. The van der Waals surface area contributed by atoms with Crippen molar-refractivity contribution in [2.75, 3.05) is 12.3 Å². The topological polar surface area (TPSA) is 106 Å². The van der Waals surface area contributed by atoms with Crippen LogP contribution in [0.5, 0.6) is 0 Å². The molecule has 82 valence electrons. The molecule has 0 aromatic carbocycles. The second-order valence-electron chi connectivity index (χ2n) is 2.79. The SMILES string of the molecule is Cl.NCCCC[C@H](N)CS(=O)(=O)O. The maximum Gasteiger partial charge on any atom is 0.266 e. The first-order valence-corrected chi connectivity index (χ1v) is 5.47. The Balaban J connectivity index is 0. The van der Waals surface area contributed by atoms with Crippen LogP contribution in [-0.4, -0.2) is 31.3 Å². The van der Waals surface area contributed by atoms with Crippen LogP contribution in [-0.2, 0) is 10.1 Å². The molecule has 0 bridgehead atoms. The second kappa shape index (κ2) is 7.52. The predicted molar refractivity (Wildman–Crippen MR) is 54.5 cm³/mol. The molecule has 0 spiro atoms. The Morgan fingerprint density at radius 3 is 2.23 bits per heavy atom. The van der Waals surface area contributed by atoms with Gasteiger partial charge in [0.2, 0.25) is 0 Å². The summed E-state index contributed by atoms with van der Waals surface area (Å²) in [7, 11) is -3.92. The Bertz CT molecular complexity index is 208. The fourth-order valence-electron chi connectivity index (χ4n) is 0.905. The predicted octanol–water partition coefficient (Wildman–Crippen LogP) is -0.248. The van der Waals surface area contributed by atoms with Crippen LogP contribution in [0.15, 0.2) is 0 Å². The van der Waals surface area contributed by atoms with E-state index in [0.717, 1.165) is 12.8 Å². The first kappa shape index (κ1) is 15.6. The highest BCUT2D eigenvalue weighted by Crippen LogP contribution is 1.99. The van der Waals surface area contributed by atoms with Gasteiger partial charge in [-0.1, -0.05) is 6.42 Å². The second-order valence-corrected chi connectivity index (χ2v) is 4.29. The summed E-state index contributed by atoms with van der Waals surface area (Å²) in [5.74, 6) is -0.364. The van der Waals surface area contributed by atoms with Gasteiger partial charge in [0.15, 0.2) is 0 Å². The van der Waals surface area contributed by atoms with E-state index in [1.807, 2.05) is 0 Å². The van der Waals surface area contributed by atoms with Crippen molar-refractivity contribution in [3.63, 3.8) is 0 Å². The molecule has 0 amide bonds. The van der Waals surface area contributed by atoms with Crippen molar-refractivity contribution in [1.29, 1.82) is 0 Å². The third-order valence-corrected chi connectivity index (χ3v) is 2.30. The summed E-state index contributed by atoms with van der Waals surface area (Å²) in [5, 5.41) is 0. The lowest BCUT2D eigenvalue weighted by Crippen LogP contribution is -2.29. The Labute approximate surface area is 85.0 Å². The fourth-order valence-corrected chi connectivity index (χ4v) is 1.61. The molecule has 0 unspecified atom stereocenters. The minimum absolute atomic E-state index is 0. The van der Waals surface area contributed by atoms with E-state index in [4.69, 9.17) is 16.0 Å². The number of rotatable bonds is 6. The van der Waals surface area contributed by atoms with Gasteiger partial charge in [-0.15, -0.1) is 12.4 Å². The number of nitrogens with two attached hydrogens (primary N) is 2. The number of hydrogen-bond acceptors (Lipinski definition) is 4. The molecule has 13 heavy (non-hydrogen) atoms. The van der Waals surface area contributed by atoms with Gasteiger partial charge in [-0.3, -0.25) is 4.55 Å². The molecule has 0 radical (unpaired) electrons. The molecule has 0 aromatic heterocycles. The van der Waals surface area contributed by atoms with E-state index in [9.17, 15) is 8.42 Å². The van der Waals surface area contributed by atoms with Gasteiger partial charge in [0.05, 0.1) is 5.75 Å². The van der Waals surface area contributed by atoms with E-state index < -0.39 is 16.2 Å². The van der Waals surface area contributed by atoms with E-state index in [0.29, 0.717) is 13.0 Å². The van der Waals surface area contributed by atoms with Crippen LogP contribution in [0.2, 0.25) is 0 Å². The average Bonchev–Trinajstić information content (AvgIpc) is 1.84. The molecule has 5 N–H and O–H groups in total. The molecule has 0 aliphatic heterocycles. The Morgan fingerprint density at radius 1 is 1.31 bits per heavy atom. The van der Waals surface area contributed by atoms with E-state index in [2.05, 4.69) is 0 Å². The molecule has 1 atom stereocenters. The fraction of sp³-hybridized carbons (Fsp3) is 1.00. The van der Waals surface area contributed by atoms with Gasteiger partial charge in [0.1, 0.15) is 0 Å². The third kappa shape index (κ3) is 12.1. The lowest BCUT2D eigenvalue weighted by Gasteiger charge is -2.07. The molecule has 0 aliphatic carbocycles. The van der Waals surface area contributed by atoms with E-state index in [1.165, 1.54) is 0 Å². The summed E-state index contributed by atoms with van der Waals surface area (Å²) >= 11 is 0. The van der Waals surface area contributed by atoms with Crippen LogP contribution >= 0.6 is 12.4 Å². The summed E-state index contributed by atoms with van der Waals surface area (Å²) in [6.07, 6.45) is 2.21. The number of hydrogen-bond donors (Lipinski definition) is 3. The molecule has 0 saturated carbocycles. The van der Waals surface area contributed by atoms with Crippen molar-refractivity contribution in [2.24, 2.45) is 11.5 Å². The van der Waals surface area contributed by atoms with Crippen LogP contribution < -0.4 is 11.5 Å². The molecular weight excluding hydrogens is 216 g/mol. The van der Waals surface area contributed by atoms with Crippen LogP contribution in [0.25, 0.3) is 0 Å². The number of halogens is 1. The molecule has 0 fully saturated rings. The molecule has 0 heterocycles. The van der Waals surface area contributed by atoms with Gasteiger partial charge in [0, 0.05) is 6.04 Å².